The van der Waals surface area contributed by atoms with Crippen LogP contribution in [0, 0.1) is 0 Å². The minimum atomic E-state index is -0.309. The molecule has 2 aromatic rings. The van der Waals surface area contributed by atoms with Crippen molar-refractivity contribution in [1.29, 1.82) is 0 Å². The third-order valence-corrected chi connectivity index (χ3v) is 4.13. The number of nitrogens with zero attached hydrogens (tertiary/aromatic N) is 1. The van der Waals surface area contributed by atoms with Gasteiger partial charge < -0.3 is 19.7 Å². The molecule has 1 fully saturated rings. The van der Waals surface area contributed by atoms with Gasteiger partial charge in [-0.15, -0.1) is 0 Å². The van der Waals surface area contributed by atoms with Crippen LogP contribution in [0.4, 0.5) is 5.69 Å². The van der Waals surface area contributed by atoms with Crippen LogP contribution in [-0.2, 0) is 9.53 Å². The van der Waals surface area contributed by atoms with Crippen molar-refractivity contribution in [3.05, 3.63) is 59.1 Å². The van der Waals surface area contributed by atoms with Crippen molar-refractivity contribution in [3.8, 4) is 5.75 Å². The van der Waals surface area contributed by atoms with E-state index in [1.54, 1.807) is 53.4 Å². The van der Waals surface area contributed by atoms with Gasteiger partial charge >= 0.3 is 0 Å². The Morgan fingerprint density at radius 1 is 1.12 bits per heavy atom. The fourth-order valence-corrected chi connectivity index (χ4v) is 2.68. The van der Waals surface area contributed by atoms with Gasteiger partial charge in [0.1, 0.15) is 5.75 Å². The summed E-state index contributed by atoms with van der Waals surface area (Å²) in [5.41, 5.74) is 1.08. The highest BCUT2D eigenvalue weighted by Gasteiger charge is 2.18. The summed E-state index contributed by atoms with van der Waals surface area (Å²) in [5, 5.41) is 3.34. The molecule has 1 saturated heterocycles. The maximum atomic E-state index is 12.5. The van der Waals surface area contributed by atoms with Crippen LogP contribution >= 0.6 is 11.6 Å². The number of amides is 2. The lowest BCUT2D eigenvalue weighted by molar-refractivity contribution is -0.118. The number of hydrogen-bond donors (Lipinski definition) is 1. The molecule has 1 aliphatic rings. The predicted octanol–water partition coefficient (Wildman–Crippen LogP) is 2.83. The Labute approximate surface area is 156 Å². The number of morpholine rings is 1. The van der Waals surface area contributed by atoms with Gasteiger partial charge in [-0.05, 0) is 42.5 Å². The van der Waals surface area contributed by atoms with E-state index in [0.717, 1.165) is 0 Å². The molecule has 0 radical (unpaired) electrons. The van der Waals surface area contributed by atoms with Crippen molar-refractivity contribution < 1.29 is 19.1 Å². The Morgan fingerprint density at radius 3 is 2.58 bits per heavy atom. The quantitative estimate of drug-likeness (QED) is 0.873. The van der Waals surface area contributed by atoms with E-state index in [1.807, 2.05) is 0 Å². The smallest absolute Gasteiger partial charge is 0.262 e. The summed E-state index contributed by atoms with van der Waals surface area (Å²) in [6.45, 7) is 2.10. The molecule has 7 heteroatoms. The van der Waals surface area contributed by atoms with E-state index in [9.17, 15) is 9.59 Å². The van der Waals surface area contributed by atoms with Gasteiger partial charge in [-0.3, -0.25) is 9.59 Å². The number of nitrogens with one attached hydrogen (secondary N) is 1. The molecule has 6 nitrogen and oxygen atoms in total. The molecule has 0 spiro atoms. The molecule has 136 valence electrons. The Kier molecular flexibility index (Phi) is 6.09. The molecule has 0 aliphatic carbocycles. The van der Waals surface area contributed by atoms with Gasteiger partial charge in [0.25, 0.3) is 11.8 Å². The Hall–Kier alpha value is -2.57. The number of anilines is 1. The van der Waals surface area contributed by atoms with Crippen molar-refractivity contribution in [1.82, 2.24) is 4.90 Å². The fourth-order valence-electron chi connectivity index (χ4n) is 2.56. The van der Waals surface area contributed by atoms with Crippen LogP contribution < -0.4 is 10.1 Å². The highest BCUT2D eigenvalue weighted by Crippen LogP contribution is 2.16. The highest BCUT2D eigenvalue weighted by atomic mass is 35.5. The molecular weight excluding hydrogens is 356 g/mol. The molecule has 26 heavy (non-hydrogen) atoms. The Morgan fingerprint density at radius 2 is 1.85 bits per heavy atom. The van der Waals surface area contributed by atoms with Crippen molar-refractivity contribution in [3.63, 3.8) is 0 Å². The van der Waals surface area contributed by atoms with Crippen LogP contribution in [0.3, 0.4) is 0 Å². The summed E-state index contributed by atoms with van der Waals surface area (Å²) in [4.78, 5) is 26.3. The molecule has 3 rings (SSSR count). The Balaban J connectivity index is 1.56. The topological polar surface area (TPSA) is 67.9 Å². The van der Waals surface area contributed by atoms with Crippen molar-refractivity contribution in [2.75, 3.05) is 38.2 Å². The number of rotatable bonds is 5. The van der Waals surface area contributed by atoms with Crippen LogP contribution in [-0.4, -0.2) is 49.6 Å². The molecule has 2 aromatic carbocycles. The predicted molar refractivity (Wildman–Crippen MR) is 98.7 cm³/mol. The number of hydrogen-bond acceptors (Lipinski definition) is 4. The van der Waals surface area contributed by atoms with E-state index < -0.39 is 0 Å². The van der Waals surface area contributed by atoms with E-state index in [2.05, 4.69) is 5.32 Å². The van der Waals surface area contributed by atoms with Gasteiger partial charge in [0.2, 0.25) is 0 Å². The third kappa shape index (κ3) is 4.97. The summed E-state index contributed by atoms with van der Waals surface area (Å²) >= 11 is 5.81. The number of carbonyl (C=O) groups excluding carboxylic acids is 2. The minimum absolute atomic E-state index is 0.0678. The fraction of sp³-hybridized carbons (Fsp3) is 0.263. The first-order valence-electron chi connectivity index (χ1n) is 8.27. The van der Waals surface area contributed by atoms with Gasteiger partial charge in [0, 0.05) is 29.4 Å². The molecule has 0 atom stereocenters. The summed E-state index contributed by atoms with van der Waals surface area (Å²) in [6, 6.07) is 13.6. The average Bonchev–Trinajstić information content (AvgIpc) is 2.68. The summed E-state index contributed by atoms with van der Waals surface area (Å²) in [6.07, 6.45) is 0. The zero-order chi connectivity index (χ0) is 18.4. The van der Waals surface area contributed by atoms with E-state index in [4.69, 9.17) is 21.1 Å². The Bertz CT molecular complexity index is 773. The molecule has 0 saturated carbocycles. The summed E-state index contributed by atoms with van der Waals surface area (Å²) in [7, 11) is 0. The monoisotopic (exact) mass is 374 g/mol. The third-order valence-electron chi connectivity index (χ3n) is 3.88. The maximum absolute atomic E-state index is 12.5. The van der Waals surface area contributed by atoms with E-state index in [0.29, 0.717) is 48.3 Å². The van der Waals surface area contributed by atoms with Gasteiger partial charge in [0.05, 0.1) is 13.2 Å². The normalized spacial score (nSPS) is 14.0. The molecule has 0 aromatic heterocycles. The van der Waals surface area contributed by atoms with Crippen LogP contribution in [0.25, 0.3) is 0 Å². The van der Waals surface area contributed by atoms with Gasteiger partial charge in [-0.2, -0.15) is 0 Å². The van der Waals surface area contributed by atoms with Crippen molar-refractivity contribution in [2.45, 2.75) is 0 Å². The van der Waals surface area contributed by atoms with E-state index >= 15 is 0 Å². The first-order chi connectivity index (χ1) is 12.6. The van der Waals surface area contributed by atoms with Crippen LogP contribution in [0.15, 0.2) is 48.5 Å². The van der Waals surface area contributed by atoms with Crippen LogP contribution in [0.2, 0.25) is 5.02 Å². The van der Waals surface area contributed by atoms with Crippen LogP contribution in [0.1, 0.15) is 10.4 Å². The molecule has 0 unspecified atom stereocenters. The van der Waals surface area contributed by atoms with Crippen molar-refractivity contribution >= 4 is 29.1 Å². The molecule has 2 amide bonds. The second-order valence-electron chi connectivity index (χ2n) is 5.78. The largest absolute Gasteiger partial charge is 0.484 e. The van der Waals surface area contributed by atoms with E-state index in [1.165, 1.54) is 0 Å². The highest BCUT2D eigenvalue weighted by molar-refractivity contribution is 6.30. The summed E-state index contributed by atoms with van der Waals surface area (Å²) in [5.74, 6) is 0.179. The first-order valence-corrected chi connectivity index (χ1v) is 8.65. The summed E-state index contributed by atoms with van der Waals surface area (Å²) < 4.78 is 10.7. The number of benzene rings is 2. The van der Waals surface area contributed by atoms with Crippen LogP contribution in [0.5, 0.6) is 5.75 Å². The second kappa shape index (κ2) is 8.69. The zero-order valence-electron chi connectivity index (χ0n) is 14.1. The van der Waals surface area contributed by atoms with Gasteiger partial charge in [0.15, 0.2) is 6.61 Å². The van der Waals surface area contributed by atoms with E-state index in [-0.39, 0.29) is 18.4 Å². The van der Waals surface area contributed by atoms with Gasteiger partial charge in [-0.25, -0.2) is 0 Å². The maximum Gasteiger partial charge on any atom is 0.262 e. The zero-order valence-corrected chi connectivity index (χ0v) is 14.9. The number of halogens is 1. The lowest BCUT2D eigenvalue weighted by atomic mass is 10.1. The number of carbonyl (C=O) groups is 2. The minimum Gasteiger partial charge on any atom is -0.484 e. The molecule has 0 bridgehead atoms. The molecule has 1 aliphatic heterocycles. The standard InChI is InChI=1S/C19H19ClN2O4/c20-15-4-6-17(7-5-15)26-13-18(23)21-16-3-1-2-14(12-16)19(24)22-8-10-25-11-9-22/h1-7,12H,8-11,13H2,(H,21,23). The lowest BCUT2D eigenvalue weighted by Gasteiger charge is -2.27. The van der Waals surface area contributed by atoms with Crippen molar-refractivity contribution in [2.24, 2.45) is 0 Å². The SMILES string of the molecule is O=C(COc1ccc(Cl)cc1)Nc1cccc(C(=O)N2CCOCC2)c1. The first kappa shape index (κ1) is 18.2. The molecular formula is C19H19ClN2O4. The molecule has 1 N–H and O–H groups in total. The number of ether oxygens (including phenoxy) is 2. The molecule has 1 heterocycles. The van der Waals surface area contributed by atoms with Gasteiger partial charge in [-0.1, -0.05) is 17.7 Å². The second-order valence-corrected chi connectivity index (χ2v) is 6.21. The lowest BCUT2D eigenvalue weighted by Crippen LogP contribution is -2.40. The average molecular weight is 375 g/mol.